The quantitative estimate of drug-likeness (QED) is 0.664. The van der Waals surface area contributed by atoms with Gasteiger partial charge in [0.1, 0.15) is 0 Å². The fourth-order valence-electron chi connectivity index (χ4n) is 1.09. The molecular weight excluding hydrogens is 156 g/mol. The highest BCUT2D eigenvalue weighted by Gasteiger charge is 2.15. The fraction of sp³-hybridized carbons (Fsp3) is 0.750. The summed E-state index contributed by atoms with van der Waals surface area (Å²) >= 11 is 0. The molecule has 3 N–H and O–H groups in total. The monoisotopic (exact) mass is 172 g/mol. The molecule has 0 aliphatic heterocycles. The Hall–Kier alpha value is -1.06. The maximum absolute atomic E-state index is 11.2. The van der Waals surface area contributed by atoms with Gasteiger partial charge in [0.2, 0.25) is 5.91 Å². The van der Waals surface area contributed by atoms with Gasteiger partial charge in [-0.15, -0.1) is 0 Å². The Kier molecular flexibility index (Phi) is 5.08. The Morgan fingerprint density at radius 3 is 2.33 bits per heavy atom. The predicted molar refractivity (Wildman–Crippen MR) is 46.4 cm³/mol. The number of urea groups is 1. The number of nitrogens with two attached hydrogens (primary N) is 1. The third-order valence-corrected chi connectivity index (χ3v) is 1.75. The molecule has 0 aromatic carbocycles. The third-order valence-electron chi connectivity index (χ3n) is 1.75. The summed E-state index contributed by atoms with van der Waals surface area (Å²) in [6, 6.07) is -0.769. The predicted octanol–water partition coefficient (Wildman–Crippen LogP) is 1.01. The molecule has 0 radical (unpaired) electrons. The molecule has 0 spiro atoms. The minimum Gasteiger partial charge on any atom is -0.351 e. The summed E-state index contributed by atoms with van der Waals surface area (Å²) in [5, 5.41) is 2.08. The number of nitrogens with one attached hydrogen (secondary N) is 1. The van der Waals surface area contributed by atoms with Crippen LogP contribution in [0, 0.1) is 5.92 Å². The van der Waals surface area contributed by atoms with Crippen molar-refractivity contribution in [2.24, 2.45) is 11.7 Å². The average Bonchev–Trinajstić information content (AvgIpc) is 1.98. The summed E-state index contributed by atoms with van der Waals surface area (Å²) in [4.78, 5) is 21.5. The van der Waals surface area contributed by atoms with Gasteiger partial charge in [-0.05, 0) is 12.8 Å². The Morgan fingerprint density at radius 1 is 1.42 bits per heavy atom. The maximum Gasteiger partial charge on any atom is 0.318 e. The van der Waals surface area contributed by atoms with Crippen molar-refractivity contribution in [3.8, 4) is 0 Å². The summed E-state index contributed by atoms with van der Waals surface area (Å²) in [6.45, 7) is 3.92. The minimum absolute atomic E-state index is 0.0810. The zero-order chi connectivity index (χ0) is 9.56. The van der Waals surface area contributed by atoms with E-state index < -0.39 is 6.03 Å². The van der Waals surface area contributed by atoms with Gasteiger partial charge >= 0.3 is 6.03 Å². The molecular formula is C8H16N2O2. The van der Waals surface area contributed by atoms with Crippen molar-refractivity contribution in [3.05, 3.63) is 0 Å². The van der Waals surface area contributed by atoms with E-state index in [9.17, 15) is 9.59 Å². The number of hydrogen-bond donors (Lipinski definition) is 2. The van der Waals surface area contributed by atoms with Crippen LogP contribution in [0.2, 0.25) is 0 Å². The second-order valence-electron chi connectivity index (χ2n) is 2.75. The first-order valence-corrected chi connectivity index (χ1v) is 4.22. The van der Waals surface area contributed by atoms with Gasteiger partial charge in [0, 0.05) is 5.92 Å². The van der Waals surface area contributed by atoms with E-state index in [1.165, 1.54) is 0 Å². The van der Waals surface area contributed by atoms with Crippen LogP contribution < -0.4 is 11.1 Å². The van der Waals surface area contributed by atoms with Crippen LogP contribution in [0.4, 0.5) is 4.79 Å². The summed E-state index contributed by atoms with van der Waals surface area (Å²) in [6.07, 6.45) is 2.48. The largest absolute Gasteiger partial charge is 0.351 e. The summed E-state index contributed by atoms with van der Waals surface area (Å²) < 4.78 is 0. The molecule has 0 aliphatic rings. The van der Waals surface area contributed by atoms with Gasteiger partial charge in [-0.1, -0.05) is 20.3 Å². The smallest absolute Gasteiger partial charge is 0.318 e. The second-order valence-corrected chi connectivity index (χ2v) is 2.75. The zero-order valence-corrected chi connectivity index (χ0v) is 7.59. The molecule has 0 aliphatic carbocycles. The number of imide groups is 1. The number of carbonyl (C=O) groups is 2. The van der Waals surface area contributed by atoms with Gasteiger partial charge in [0.05, 0.1) is 0 Å². The molecule has 70 valence electrons. The molecule has 0 unspecified atom stereocenters. The SMILES string of the molecule is CCC[C@H](CC)C(=O)NC(N)=O. The van der Waals surface area contributed by atoms with E-state index in [1.54, 1.807) is 0 Å². The number of carbonyl (C=O) groups excluding carboxylic acids is 2. The number of rotatable bonds is 4. The molecule has 4 nitrogen and oxygen atoms in total. The van der Waals surface area contributed by atoms with Gasteiger partial charge in [0.15, 0.2) is 0 Å². The van der Waals surface area contributed by atoms with Gasteiger partial charge in [-0.25, -0.2) is 4.79 Å². The van der Waals surface area contributed by atoms with E-state index in [0.717, 1.165) is 19.3 Å². The molecule has 0 aromatic rings. The lowest BCUT2D eigenvalue weighted by Crippen LogP contribution is -2.38. The first-order chi connectivity index (χ1) is 5.61. The lowest BCUT2D eigenvalue weighted by Gasteiger charge is -2.11. The van der Waals surface area contributed by atoms with Crippen molar-refractivity contribution in [1.29, 1.82) is 0 Å². The normalized spacial score (nSPS) is 12.2. The fourth-order valence-corrected chi connectivity index (χ4v) is 1.09. The molecule has 0 aromatic heterocycles. The topological polar surface area (TPSA) is 72.2 Å². The highest BCUT2D eigenvalue weighted by atomic mass is 16.2. The lowest BCUT2D eigenvalue weighted by atomic mass is 10.0. The first-order valence-electron chi connectivity index (χ1n) is 4.22. The average molecular weight is 172 g/mol. The van der Waals surface area contributed by atoms with Crippen LogP contribution in [-0.4, -0.2) is 11.9 Å². The molecule has 0 bridgehead atoms. The van der Waals surface area contributed by atoms with E-state index in [4.69, 9.17) is 5.73 Å². The maximum atomic E-state index is 11.2. The van der Waals surface area contributed by atoms with Crippen molar-refractivity contribution < 1.29 is 9.59 Å². The molecule has 0 fully saturated rings. The van der Waals surface area contributed by atoms with Crippen molar-refractivity contribution in [2.75, 3.05) is 0 Å². The molecule has 3 amide bonds. The van der Waals surface area contributed by atoms with Crippen LogP contribution >= 0.6 is 0 Å². The standard InChI is InChI=1S/C8H16N2O2/c1-3-5-6(4-2)7(11)10-8(9)12/h6H,3-5H2,1-2H3,(H3,9,10,11,12)/t6-/m0/s1. The summed E-state index contributed by atoms with van der Waals surface area (Å²) in [5.41, 5.74) is 4.81. The van der Waals surface area contributed by atoms with E-state index in [-0.39, 0.29) is 11.8 Å². The summed E-state index contributed by atoms with van der Waals surface area (Å²) in [5.74, 6) is -0.339. The van der Waals surface area contributed by atoms with Crippen LogP contribution in [0.25, 0.3) is 0 Å². The minimum atomic E-state index is -0.769. The zero-order valence-electron chi connectivity index (χ0n) is 7.59. The van der Waals surface area contributed by atoms with Crippen LogP contribution in [0.5, 0.6) is 0 Å². The van der Waals surface area contributed by atoms with E-state index in [2.05, 4.69) is 5.32 Å². The molecule has 0 saturated heterocycles. The Balaban J connectivity index is 3.93. The summed E-state index contributed by atoms with van der Waals surface area (Å²) in [7, 11) is 0. The van der Waals surface area contributed by atoms with E-state index in [0.29, 0.717) is 0 Å². The lowest BCUT2D eigenvalue weighted by molar-refractivity contribution is -0.124. The Labute approximate surface area is 72.5 Å². The number of amides is 3. The molecule has 4 heteroatoms. The van der Waals surface area contributed by atoms with E-state index in [1.807, 2.05) is 13.8 Å². The Bertz CT molecular complexity index is 168. The number of hydrogen-bond acceptors (Lipinski definition) is 2. The highest BCUT2D eigenvalue weighted by Crippen LogP contribution is 2.09. The van der Waals surface area contributed by atoms with Gasteiger partial charge in [-0.2, -0.15) is 0 Å². The van der Waals surface area contributed by atoms with Crippen molar-refractivity contribution >= 4 is 11.9 Å². The number of primary amides is 1. The van der Waals surface area contributed by atoms with E-state index >= 15 is 0 Å². The molecule has 0 saturated carbocycles. The van der Waals surface area contributed by atoms with Crippen molar-refractivity contribution in [1.82, 2.24) is 5.32 Å². The van der Waals surface area contributed by atoms with Crippen molar-refractivity contribution in [2.45, 2.75) is 33.1 Å². The highest BCUT2D eigenvalue weighted by molar-refractivity contribution is 5.94. The molecule has 1 atom stereocenters. The van der Waals surface area contributed by atoms with Crippen LogP contribution in [0.1, 0.15) is 33.1 Å². The molecule has 0 heterocycles. The van der Waals surface area contributed by atoms with Gasteiger partial charge in [-0.3, -0.25) is 10.1 Å². The van der Waals surface area contributed by atoms with Crippen molar-refractivity contribution in [3.63, 3.8) is 0 Å². The first kappa shape index (κ1) is 10.9. The second kappa shape index (κ2) is 5.57. The van der Waals surface area contributed by atoms with Gasteiger partial charge in [0.25, 0.3) is 0 Å². The van der Waals surface area contributed by atoms with Crippen LogP contribution in [0.3, 0.4) is 0 Å². The van der Waals surface area contributed by atoms with Crippen LogP contribution in [-0.2, 0) is 4.79 Å². The molecule has 12 heavy (non-hydrogen) atoms. The Morgan fingerprint density at radius 2 is 2.00 bits per heavy atom. The van der Waals surface area contributed by atoms with Gasteiger partial charge < -0.3 is 5.73 Å². The van der Waals surface area contributed by atoms with Crippen LogP contribution in [0.15, 0.2) is 0 Å². The third kappa shape index (κ3) is 3.95. The molecule has 0 rings (SSSR count).